The highest BCUT2D eigenvalue weighted by Crippen LogP contribution is 2.68. The molecule has 326 valence electrons. The van der Waals surface area contributed by atoms with E-state index in [1.807, 2.05) is 0 Å². The predicted molar refractivity (Wildman–Crippen MR) is 205 cm³/mol. The van der Waals surface area contributed by atoms with Gasteiger partial charge in [-0.3, -0.25) is 0 Å². The number of ether oxygens (including phenoxy) is 4. The molecule has 6 aliphatic rings. The second-order valence-corrected chi connectivity index (χ2v) is 19.6. The van der Waals surface area contributed by atoms with Crippen LogP contribution in [0.2, 0.25) is 0 Å². The van der Waals surface area contributed by atoms with Crippen molar-refractivity contribution in [3.63, 3.8) is 0 Å². The Morgan fingerprint density at radius 2 is 1.49 bits per heavy atom. The number of hydrogen-bond donors (Lipinski definition) is 7. The molecular weight excluding hydrogens is 738 g/mol. The van der Waals surface area contributed by atoms with Crippen LogP contribution in [-0.2, 0) is 25.6 Å². The second-order valence-electron chi connectivity index (χ2n) is 19.6. The number of aliphatic hydroxyl groups excluding tert-OH is 7. The fraction of sp³-hybridized carbons (Fsp3) is 0.952. The zero-order valence-corrected chi connectivity index (χ0v) is 34.6. The zero-order valence-electron chi connectivity index (χ0n) is 34.6. The first-order valence-corrected chi connectivity index (χ1v) is 22.0. The van der Waals surface area contributed by atoms with Gasteiger partial charge < -0.3 is 59.5 Å². The minimum atomic E-state index is -1.75. The minimum absolute atomic E-state index is 0.131. The first-order valence-electron chi connectivity index (χ1n) is 22.0. The van der Waals surface area contributed by atoms with Crippen LogP contribution in [-0.4, -0.2) is 132 Å². The van der Waals surface area contributed by atoms with Crippen molar-refractivity contribution in [1.82, 2.24) is 15.2 Å². The molecule has 4 saturated carbocycles. The van der Waals surface area contributed by atoms with Gasteiger partial charge in [0.15, 0.2) is 6.29 Å². The van der Waals surface area contributed by atoms with E-state index in [-0.39, 0.29) is 12.7 Å². The number of hydrogen-bond acceptors (Lipinski definition) is 14. The lowest BCUT2D eigenvalue weighted by molar-refractivity contribution is -0.360. The summed E-state index contributed by atoms with van der Waals surface area (Å²) in [4.78, 5) is 6.70. The molecule has 19 atom stereocenters. The molecule has 4 aliphatic carbocycles. The van der Waals surface area contributed by atoms with E-state index in [1.165, 1.54) is 70.4 Å². The van der Waals surface area contributed by atoms with E-state index in [2.05, 4.69) is 44.9 Å². The van der Waals surface area contributed by atoms with Gasteiger partial charge in [0.25, 0.3) is 6.29 Å². The lowest BCUT2D eigenvalue weighted by atomic mass is 9.44. The summed E-state index contributed by atoms with van der Waals surface area (Å²) in [7, 11) is 0. The lowest BCUT2D eigenvalue weighted by Crippen LogP contribution is -2.65. The van der Waals surface area contributed by atoms with Gasteiger partial charge in [-0.1, -0.05) is 58.7 Å². The van der Waals surface area contributed by atoms with Crippen LogP contribution in [0.25, 0.3) is 0 Å². The first-order chi connectivity index (χ1) is 27.2. The zero-order chi connectivity index (χ0) is 40.8. The standard InChI is InChI=1S/C42H71N3O12/c1-22(2)7-6-8-23(3)28-11-12-29-27-10-9-24-17-26(13-15-41(24,4)30(27)14-16-42(28,29)5)53-21-25-18-45(44-43-25)57-40-37(52)35(50)38(32(20-47)55-40)56-39-36(51)34(49)33(48)31(19-46)54-39/h18,22-24,26-40,46-52H,6-17,19-21H2,1-5H3/t23-,24?,26+,27+,28-,29+,30+,31-,32-,33+,34+,35-,36-,37-,38-,39+,40+,41+,42-/m1/s1. The highest BCUT2D eigenvalue weighted by molar-refractivity contribution is 5.10. The smallest absolute Gasteiger partial charge is 0.256 e. The number of aliphatic hydroxyl groups is 7. The second kappa shape index (κ2) is 17.8. The molecule has 0 bridgehead atoms. The van der Waals surface area contributed by atoms with Crippen molar-refractivity contribution in [3.8, 4) is 0 Å². The van der Waals surface area contributed by atoms with Crippen molar-refractivity contribution in [2.75, 3.05) is 13.2 Å². The van der Waals surface area contributed by atoms with Crippen LogP contribution in [0, 0.1) is 52.3 Å². The molecule has 0 spiro atoms. The van der Waals surface area contributed by atoms with Crippen LogP contribution in [0.3, 0.4) is 0 Å². The monoisotopic (exact) mass is 810 g/mol. The summed E-state index contributed by atoms with van der Waals surface area (Å²) in [5.41, 5.74) is 1.39. The Morgan fingerprint density at radius 1 is 0.789 bits per heavy atom. The van der Waals surface area contributed by atoms with Gasteiger partial charge in [0.1, 0.15) is 54.5 Å². The van der Waals surface area contributed by atoms with Crippen LogP contribution in [0.15, 0.2) is 6.20 Å². The van der Waals surface area contributed by atoms with Gasteiger partial charge >= 0.3 is 0 Å². The van der Waals surface area contributed by atoms with Crippen molar-refractivity contribution in [2.24, 2.45) is 52.3 Å². The largest absolute Gasteiger partial charge is 0.394 e. The van der Waals surface area contributed by atoms with Crippen LogP contribution in [0.1, 0.15) is 117 Å². The normalized spacial score (nSPS) is 46.6. The lowest BCUT2D eigenvalue weighted by Gasteiger charge is -2.61. The van der Waals surface area contributed by atoms with Crippen LogP contribution < -0.4 is 4.84 Å². The summed E-state index contributed by atoms with van der Waals surface area (Å²) in [6, 6.07) is 0. The van der Waals surface area contributed by atoms with Crippen molar-refractivity contribution >= 4 is 0 Å². The average molecular weight is 810 g/mol. The van der Waals surface area contributed by atoms with Gasteiger partial charge in [0.2, 0.25) is 0 Å². The molecule has 6 fully saturated rings. The van der Waals surface area contributed by atoms with Gasteiger partial charge in [-0.25, -0.2) is 0 Å². The molecule has 15 heteroatoms. The summed E-state index contributed by atoms with van der Waals surface area (Å²) in [6.45, 7) is 11.4. The minimum Gasteiger partial charge on any atom is -0.394 e. The highest BCUT2D eigenvalue weighted by Gasteiger charge is 2.61. The van der Waals surface area contributed by atoms with E-state index >= 15 is 0 Å². The van der Waals surface area contributed by atoms with E-state index < -0.39 is 74.6 Å². The topological polar surface area (TPSA) is 218 Å². The third-order valence-corrected chi connectivity index (χ3v) is 16.0. The Balaban J connectivity index is 0.892. The summed E-state index contributed by atoms with van der Waals surface area (Å²) in [5, 5.41) is 80.2. The quantitative estimate of drug-likeness (QED) is 0.144. The molecule has 1 unspecified atom stereocenters. The molecule has 0 aromatic carbocycles. The molecule has 3 heterocycles. The van der Waals surface area contributed by atoms with Crippen LogP contribution >= 0.6 is 0 Å². The molecule has 2 saturated heterocycles. The Kier molecular flexibility index (Phi) is 13.6. The first kappa shape index (κ1) is 43.6. The summed E-state index contributed by atoms with van der Waals surface area (Å²) in [5.74, 6) is 5.67. The fourth-order valence-electron chi connectivity index (χ4n) is 12.7. The number of rotatable bonds is 14. The molecule has 15 nitrogen and oxygen atoms in total. The average Bonchev–Trinajstić information content (AvgIpc) is 3.80. The fourth-order valence-corrected chi connectivity index (χ4v) is 12.7. The Labute approximate surface area is 337 Å². The van der Waals surface area contributed by atoms with Crippen molar-refractivity contribution < 1.29 is 59.5 Å². The van der Waals surface area contributed by atoms with Gasteiger partial charge in [-0.2, -0.15) is 0 Å². The SMILES string of the molecule is CC(C)CCC[C@@H](C)[C@H]1CC[C@H]2[C@@H]3CCC4C[C@@H](OCc5cn(O[C@@H]6O[C@H](CO)[C@@H](O[C@@H]7O[C@H](CO)[C@H](O)[C@H](O)[C@H]7O)[C@H](O)[C@H]6O)nn5)CC[C@]4(C)[C@H]3CC[C@]12C. The van der Waals surface area contributed by atoms with E-state index in [0.29, 0.717) is 22.4 Å². The number of nitrogens with zero attached hydrogens (tertiary/aromatic N) is 3. The molecule has 57 heavy (non-hydrogen) atoms. The van der Waals surface area contributed by atoms with Gasteiger partial charge in [0, 0.05) is 0 Å². The van der Waals surface area contributed by atoms with Gasteiger partial charge in [-0.05, 0) is 115 Å². The molecular formula is C42H71N3O12. The molecule has 2 aliphatic heterocycles. The Hall–Kier alpha value is -1.50. The van der Waals surface area contributed by atoms with E-state index in [4.69, 9.17) is 23.8 Å². The number of aromatic nitrogens is 3. The van der Waals surface area contributed by atoms with E-state index in [0.717, 1.165) is 53.2 Å². The van der Waals surface area contributed by atoms with Crippen molar-refractivity contribution in [2.45, 2.75) is 186 Å². The molecule has 0 amide bonds. The van der Waals surface area contributed by atoms with Crippen LogP contribution in [0.4, 0.5) is 0 Å². The van der Waals surface area contributed by atoms with Crippen molar-refractivity contribution in [3.05, 3.63) is 11.9 Å². The molecule has 0 radical (unpaired) electrons. The van der Waals surface area contributed by atoms with E-state index in [1.54, 1.807) is 0 Å². The molecule has 7 N–H and O–H groups in total. The van der Waals surface area contributed by atoms with Crippen LogP contribution in [0.5, 0.6) is 0 Å². The third kappa shape index (κ3) is 8.56. The highest BCUT2D eigenvalue weighted by atomic mass is 16.8. The summed E-state index contributed by atoms with van der Waals surface area (Å²) in [6.07, 6.45) is 1.69. The summed E-state index contributed by atoms with van der Waals surface area (Å²) >= 11 is 0. The Morgan fingerprint density at radius 3 is 2.23 bits per heavy atom. The number of fused-ring (bicyclic) bond motifs is 5. The predicted octanol–water partition coefficient (Wildman–Crippen LogP) is 2.34. The maximum absolute atomic E-state index is 11.0. The molecule has 7 rings (SSSR count). The van der Waals surface area contributed by atoms with Gasteiger partial charge in [0.05, 0.1) is 32.1 Å². The molecule has 1 aromatic heterocycles. The molecule has 1 aromatic rings. The van der Waals surface area contributed by atoms with Gasteiger partial charge in [-0.15, -0.1) is 5.10 Å². The van der Waals surface area contributed by atoms with E-state index in [9.17, 15) is 35.7 Å². The van der Waals surface area contributed by atoms with Crippen molar-refractivity contribution in [1.29, 1.82) is 0 Å². The maximum atomic E-state index is 11.0. The maximum Gasteiger partial charge on any atom is 0.256 e. The third-order valence-electron chi connectivity index (χ3n) is 16.0. The summed E-state index contributed by atoms with van der Waals surface area (Å²) < 4.78 is 23.2. The Bertz CT molecular complexity index is 1450.